The zero-order chi connectivity index (χ0) is 59.1. The van der Waals surface area contributed by atoms with Crippen molar-refractivity contribution in [3.8, 4) is 0 Å². The van der Waals surface area contributed by atoms with Gasteiger partial charge in [-0.3, -0.25) is 14.2 Å². The molecular weight excluding hydrogens is 1030 g/mol. The van der Waals surface area contributed by atoms with Crippen molar-refractivity contribution >= 4 is 19.8 Å². The van der Waals surface area contributed by atoms with E-state index in [4.69, 9.17) is 18.5 Å². The number of phosphoric ester groups is 1. The van der Waals surface area contributed by atoms with Crippen LogP contribution in [-0.2, 0) is 32.7 Å². The van der Waals surface area contributed by atoms with Crippen LogP contribution in [0.25, 0.3) is 0 Å². The number of hydrogen-bond acceptors (Lipinski definition) is 8. The SMILES string of the molecule is CC/C=C\C/C=C\C/C=C\C/C=C\C/C=C\C/C=C\C/C=C\C/C=C\C/C=C\CCCCCC(=O)OC(COC(=O)CCCCCCCCCCCCCCCCCCCCCCCCCCCC)COP(=O)([O-])OCC[N+](C)(C)C. The fourth-order valence-electron chi connectivity index (χ4n) is 9.00. The molecular formula is C71H124NO8P. The first-order valence-electron chi connectivity index (χ1n) is 33.1. The number of carbonyl (C=O) groups excluding carboxylic acids is 2. The molecule has 0 rings (SSSR count). The number of nitrogens with zero attached hydrogens (tertiary/aromatic N) is 1. The number of quaternary nitrogens is 1. The Morgan fingerprint density at radius 2 is 0.704 bits per heavy atom. The van der Waals surface area contributed by atoms with Gasteiger partial charge in [0.2, 0.25) is 0 Å². The second-order valence-corrected chi connectivity index (χ2v) is 24.5. The van der Waals surface area contributed by atoms with Crippen molar-refractivity contribution in [2.75, 3.05) is 47.5 Å². The molecule has 0 aliphatic rings. The van der Waals surface area contributed by atoms with Gasteiger partial charge in [0.05, 0.1) is 27.7 Å². The summed E-state index contributed by atoms with van der Waals surface area (Å²) < 4.78 is 34.2. The molecule has 0 amide bonds. The maximum absolute atomic E-state index is 12.8. The summed E-state index contributed by atoms with van der Waals surface area (Å²) in [6.45, 7) is 4.11. The van der Waals surface area contributed by atoms with E-state index in [-0.39, 0.29) is 26.1 Å². The van der Waals surface area contributed by atoms with E-state index >= 15 is 0 Å². The first kappa shape index (κ1) is 77.7. The number of unbranched alkanes of at least 4 members (excludes halogenated alkanes) is 28. The zero-order valence-corrected chi connectivity index (χ0v) is 53.8. The Bertz CT molecular complexity index is 1730. The van der Waals surface area contributed by atoms with E-state index in [1.165, 1.54) is 148 Å². The second kappa shape index (κ2) is 61.2. The Kier molecular flexibility index (Phi) is 58.7. The minimum atomic E-state index is -4.66. The Morgan fingerprint density at radius 1 is 0.395 bits per heavy atom. The van der Waals surface area contributed by atoms with Gasteiger partial charge in [0, 0.05) is 12.8 Å². The smallest absolute Gasteiger partial charge is 0.306 e. The number of esters is 2. The highest BCUT2D eigenvalue weighted by molar-refractivity contribution is 7.45. The van der Waals surface area contributed by atoms with Gasteiger partial charge in [0.15, 0.2) is 6.10 Å². The first-order valence-corrected chi connectivity index (χ1v) is 34.6. The van der Waals surface area contributed by atoms with Crippen LogP contribution in [0.5, 0.6) is 0 Å². The number of allylic oxidation sites excluding steroid dienone is 18. The van der Waals surface area contributed by atoms with Crippen molar-refractivity contribution in [1.29, 1.82) is 0 Å². The van der Waals surface area contributed by atoms with Crippen LogP contribution in [0.15, 0.2) is 109 Å². The summed E-state index contributed by atoms with van der Waals surface area (Å²) in [6, 6.07) is 0. The van der Waals surface area contributed by atoms with Crippen molar-refractivity contribution in [1.82, 2.24) is 0 Å². The third-order valence-corrected chi connectivity index (χ3v) is 15.0. The average Bonchev–Trinajstić information content (AvgIpc) is 3.43. The number of likely N-dealkylation sites (N-methyl/N-ethyl adjacent to an activating group) is 1. The van der Waals surface area contributed by atoms with E-state index in [2.05, 4.69) is 123 Å². The maximum Gasteiger partial charge on any atom is 0.306 e. The largest absolute Gasteiger partial charge is 0.756 e. The predicted octanol–water partition coefficient (Wildman–Crippen LogP) is 20.7. The highest BCUT2D eigenvalue weighted by Crippen LogP contribution is 2.38. The number of phosphoric acid groups is 1. The summed E-state index contributed by atoms with van der Waals surface area (Å²) in [5, 5.41) is 0. The molecule has 0 aromatic heterocycles. The van der Waals surface area contributed by atoms with Crippen molar-refractivity contribution in [2.45, 2.75) is 283 Å². The lowest BCUT2D eigenvalue weighted by Crippen LogP contribution is -2.37. The number of carbonyl (C=O) groups is 2. The van der Waals surface area contributed by atoms with Gasteiger partial charge in [0.1, 0.15) is 19.8 Å². The van der Waals surface area contributed by atoms with Crippen molar-refractivity contribution in [3.05, 3.63) is 109 Å². The summed E-state index contributed by atoms with van der Waals surface area (Å²) in [4.78, 5) is 38.0. The van der Waals surface area contributed by atoms with Crippen LogP contribution in [0.2, 0.25) is 0 Å². The molecule has 0 saturated heterocycles. The van der Waals surface area contributed by atoms with Gasteiger partial charge < -0.3 is 27.9 Å². The van der Waals surface area contributed by atoms with E-state index < -0.39 is 32.5 Å². The standard InChI is InChI=1S/C71H124NO8P/c1-6-8-10-12-14-16-18-20-22-24-26-28-30-32-34-35-36-37-38-40-42-44-46-48-50-52-54-56-58-60-62-64-71(74)80-69(68-79-81(75,76)78-66-65-72(3,4)5)67-77-70(73)63-61-59-57-55-53-51-49-47-45-43-41-39-33-31-29-27-25-23-21-19-17-15-13-11-9-7-2/h8,10,14,16,20,22,26,28,32,34,36-37,40,42,46,48,52,54,69H,6-7,9,11-13,15,17-19,21,23-25,27,29-31,33,35,38-39,41,43-45,47,49-51,53,55-68H2,1-5H3/b10-8-,16-14-,22-20-,28-26-,34-32-,37-36-,42-40-,48-46-,54-52-. The van der Waals surface area contributed by atoms with Gasteiger partial charge >= 0.3 is 11.9 Å². The molecule has 0 radical (unpaired) electrons. The minimum Gasteiger partial charge on any atom is -0.756 e. The molecule has 0 heterocycles. The molecule has 0 bridgehead atoms. The third-order valence-electron chi connectivity index (χ3n) is 14.1. The van der Waals surface area contributed by atoms with E-state index in [1.807, 2.05) is 21.1 Å². The fourth-order valence-corrected chi connectivity index (χ4v) is 9.73. The zero-order valence-electron chi connectivity index (χ0n) is 52.9. The molecule has 10 heteroatoms. The first-order chi connectivity index (χ1) is 39.5. The lowest BCUT2D eigenvalue weighted by atomic mass is 10.0. The van der Waals surface area contributed by atoms with E-state index in [0.717, 1.165) is 96.3 Å². The molecule has 0 aromatic rings. The summed E-state index contributed by atoms with van der Waals surface area (Å²) >= 11 is 0. The lowest BCUT2D eigenvalue weighted by molar-refractivity contribution is -0.870. The Labute approximate surface area is 499 Å². The molecule has 0 N–H and O–H groups in total. The van der Waals surface area contributed by atoms with Gasteiger partial charge in [-0.15, -0.1) is 0 Å². The highest BCUT2D eigenvalue weighted by Gasteiger charge is 2.22. The normalized spacial score (nSPS) is 13.9. The summed E-state index contributed by atoms with van der Waals surface area (Å²) in [5.74, 6) is -0.869. The summed E-state index contributed by atoms with van der Waals surface area (Å²) in [6.07, 6.45) is 85.9. The second-order valence-electron chi connectivity index (χ2n) is 23.1. The molecule has 81 heavy (non-hydrogen) atoms. The topological polar surface area (TPSA) is 111 Å². The van der Waals surface area contributed by atoms with Crippen LogP contribution in [-0.4, -0.2) is 70.0 Å². The lowest BCUT2D eigenvalue weighted by Gasteiger charge is -2.28. The van der Waals surface area contributed by atoms with Crippen LogP contribution in [0, 0.1) is 0 Å². The summed E-state index contributed by atoms with van der Waals surface area (Å²) in [5.41, 5.74) is 0. The summed E-state index contributed by atoms with van der Waals surface area (Å²) in [7, 11) is 1.14. The quantitative estimate of drug-likeness (QED) is 0.0195. The van der Waals surface area contributed by atoms with Crippen LogP contribution >= 0.6 is 7.82 Å². The van der Waals surface area contributed by atoms with Crippen molar-refractivity contribution < 1.29 is 42.1 Å². The molecule has 0 fully saturated rings. The highest BCUT2D eigenvalue weighted by atomic mass is 31.2. The van der Waals surface area contributed by atoms with Gasteiger partial charge in [-0.1, -0.05) is 290 Å². The molecule has 0 spiro atoms. The van der Waals surface area contributed by atoms with E-state index in [1.54, 1.807) is 0 Å². The molecule has 0 aromatic carbocycles. The Balaban J connectivity index is 4.19. The molecule has 0 saturated carbocycles. The molecule has 2 atom stereocenters. The van der Waals surface area contributed by atoms with Crippen LogP contribution in [0.4, 0.5) is 0 Å². The Morgan fingerprint density at radius 3 is 1.05 bits per heavy atom. The molecule has 0 aliphatic carbocycles. The minimum absolute atomic E-state index is 0.0420. The van der Waals surface area contributed by atoms with Gasteiger partial charge in [0.25, 0.3) is 7.82 Å². The van der Waals surface area contributed by atoms with Gasteiger partial charge in [-0.2, -0.15) is 0 Å². The average molecular weight is 1150 g/mol. The third kappa shape index (κ3) is 65.7. The van der Waals surface area contributed by atoms with Gasteiger partial charge in [-0.05, 0) is 83.5 Å². The van der Waals surface area contributed by atoms with Crippen LogP contribution < -0.4 is 4.89 Å². The molecule has 9 nitrogen and oxygen atoms in total. The number of rotatable bonds is 60. The monoisotopic (exact) mass is 1150 g/mol. The van der Waals surface area contributed by atoms with Gasteiger partial charge in [-0.25, -0.2) is 0 Å². The van der Waals surface area contributed by atoms with E-state index in [9.17, 15) is 19.0 Å². The number of ether oxygens (including phenoxy) is 2. The molecule has 466 valence electrons. The van der Waals surface area contributed by atoms with Crippen molar-refractivity contribution in [3.63, 3.8) is 0 Å². The maximum atomic E-state index is 12.8. The predicted molar refractivity (Wildman–Crippen MR) is 346 cm³/mol. The Hall–Kier alpha value is -3.33. The van der Waals surface area contributed by atoms with E-state index in [0.29, 0.717) is 17.4 Å². The number of hydrogen-bond donors (Lipinski definition) is 0. The molecule has 2 unspecified atom stereocenters. The molecule has 0 aliphatic heterocycles. The fraction of sp³-hybridized carbons (Fsp3) is 0.718. The van der Waals surface area contributed by atoms with Crippen LogP contribution in [0.3, 0.4) is 0 Å². The van der Waals surface area contributed by atoms with Crippen molar-refractivity contribution in [2.24, 2.45) is 0 Å². The van der Waals surface area contributed by atoms with Crippen LogP contribution in [0.1, 0.15) is 277 Å².